The van der Waals surface area contributed by atoms with Crippen LogP contribution in [-0.4, -0.2) is 23.3 Å². The Morgan fingerprint density at radius 2 is 2.20 bits per heavy atom. The molecule has 2 rings (SSSR count). The lowest BCUT2D eigenvalue weighted by molar-refractivity contribution is 0.358. The predicted octanol–water partition coefficient (Wildman–Crippen LogP) is 2.94. The van der Waals surface area contributed by atoms with E-state index in [4.69, 9.17) is 9.26 Å². The average Bonchev–Trinajstić information content (AvgIpc) is 2.93. The van der Waals surface area contributed by atoms with Crippen LogP contribution >= 0.6 is 0 Å². The molecule has 108 valence electrons. The van der Waals surface area contributed by atoms with Crippen LogP contribution in [0.25, 0.3) is 11.4 Å². The lowest BCUT2D eigenvalue weighted by Gasteiger charge is -2.07. The topological polar surface area (TPSA) is 60.2 Å². The summed E-state index contributed by atoms with van der Waals surface area (Å²) in [5, 5.41) is 7.35. The van der Waals surface area contributed by atoms with Gasteiger partial charge in [-0.3, -0.25) is 0 Å². The number of nitrogens with zero attached hydrogens (tertiary/aromatic N) is 2. The van der Waals surface area contributed by atoms with E-state index in [-0.39, 0.29) is 0 Å². The van der Waals surface area contributed by atoms with Crippen LogP contribution in [0.4, 0.5) is 0 Å². The summed E-state index contributed by atoms with van der Waals surface area (Å²) in [6.07, 6.45) is 1.07. The summed E-state index contributed by atoms with van der Waals surface area (Å²) in [4.78, 5) is 4.40. The van der Waals surface area contributed by atoms with Crippen molar-refractivity contribution in [1.29, 1.82) is 0 Å². The molecule has 0 aliphatic carbocycles. The maximum Gasteiger partial charge on any atom is 0.240 e. The summed E-state index contributed by atoms with van der Waals surface area (Å²) in [6.45, 7) is 6.85. The normalized spacial score (nSPS) is 12.4. The van der Waals surface area contributed by atoms with E-state index >= 15 is 0 Å². The minimum Gasteiger partial charge on any atom is -0.496 e. The smallest absolute Gasteiger partial charge is 0.240 e. The van der Waals surface area contributed by atoms with E-state index < -0.39 is 0 Å². The first kappa shape index (κ1) is 14.5. The fourth-order valence-electron chi connectivity index (χ4n) is 1.87. The van der Waals surface area contributed by atoms with E-state index in [2.05, 4.69) is 29.3 Å². The molecule has 0 spiro atoms. The molecule has 1 aromatic carbocycles. The van der Waals surface area contributed by atoms with Crippen molar-refractivity contribution in [2.45, 2.75) is 39.8 Å². The van der Waals surface area contributed by atoms with Gasteiger partial charge in [-0.1, -0.05) is 12.1 Å². The van der Waals surface area contributed by atoms with Crippen LogP contribution in [0.1, 0.15) is 31.7 Å². The highest BCUT2D eigenvalue weighted by atomic mass is 16.5. The monoisotopic (exact) mass is 275 g/mol. The molecule has 0 aliphatic heterocycles. The van der Waals surface area contributed by atoms with E-state index in [1.807, 2.05) is 25.1 Å². The fourth-order valence-corrected chi connectivity index (χ4v) is 1.87. The zero-order chi connectivity index (χ0) is 14.5. The van der Waals surface area contributed by atoms with Crippen molar-refractivity contribution >= 4 is 0 Å². The summed E-state index contributed by atoms with van der Waals surface area (Å²) >= 11 is 0. The Bertz CT molecular complexity index is 566. The van der Waals surface area contributed by atoms with Crippen LogP contribution in [0, 0.1) is 6.92 Å². The Morgan fingerprint density at radius 1 is 1.40 bits per heavy atom. The molecular weight excluding hydrogens is 254 g/mol. The highest BCUT2D eigenvalue weighted by Crippen LogP contribution is 2.24. The fraction of sp³-hybridized carbons (Fsp3) is 0.467. The van der Waals surface area contributed by atoms with Crippen molar-refractivity contribution < 1.29 is 9.26 Å². The molecule has 1 atom stereocenters. The number of benzene rings is 1. The van der Waals surface area contributed by atoms with Gasteiger partial charge >= 0.3 is 0 Å². The summed E-state index contributed by atoms with van der Waals surface area (Å²) < 4.78 is 10.5. The van der Waals surface area contributed by atoms with Gasteiger partial charge in [0.25, 0.3) is 0 Å². The van der Waals surface area contributed by atoms with Crippen molar-refractivity contribution in [2.24, 2.45) is 0 Å². The Hall–Kier alpha value is -1.88. The van der Waals surface area contributed by atoms with E-state index in [1.165, 1.54) is 0 Å². The Balaban J connectivity index is 2.10. The van der Waals surface area contributed by atoms with Gasteiger partial charge in [0.1, 0.15) is 5.75 Å². The highest BCUT2D eigenvalue weighted by Gasteiger charge is 2.10. The van der Waals surface area contributed by atoms with Crippen molar-refractivity contribution in [3.63, 3.8) is 0 Å². The Kier molecular flexibility index (Phi) is 4.74. The van der Waals surface area contributed by atoms with Gasteiger partial charge in [0.2, 0.25) is 11.7 Å². The van der Waals surface area contributed by atoms with Crippen molar-refractivity contribution in [1.82, 2.24) is 15.5 Å². The largest absolute Gasteiger partial charge is 0.496 e. The average molecular weight is 275 g/mol. The van der Waals surface area contributed by atoms with Gasteiger partial charge in [0.05, 0.1) is 13.7 Å². The Morgan fingerprint density at radius 3 is 2.85 bits per heavy atom. The van der Waals surface area contributed by atoms with Gasteiger partial charge < -0.3 is 14.6 Å². The third-order valence-electron chi connectivity index (χ3n) is 3.34. The third kappa shape index (κ3) is 3.36. The molecule has 20 heavy (non-hydrogen) atoms. The summed E-state index contributed by atoms with van der Waals surface area (Å²) in [5.41, 5.74) is 1.98. The first-order valence-electron chi connectivity index (χ1n) is 6.85. The van der Waals surface area contributed by atoms with Crippen LogP contribution in [-0.2, 0) is 6.54 Å². The number of hydrogen-bond donors (Lipinski definition) is 1. The molecule has 0 fully saturated rings. The molecule has 5 heteroatoms. The number of aromatic nitrogens is 2. The third-order valence-corrected chi connectivity index (χ3v) is 3.34. The minimum absolute atomic E-state index is 0.439. The second-order valence-electron chi connectivity index (χ2n) is 4.89. The molecule has 0 saturated heterocycles. The van der Waals surface area contributed by atoms with Crippen LogP contribution in [0.5, 0.6) is 5.75 Å². The lowest BCUT2D eigenvalue weighted by Crippen LogP contribution is -2.24. The van der Waals surface area contributed by atoms with Gasteiger partial charge in [-0.15, -0.1) is 0 Å². The molecule has 0 radical (unpaired) electrons. The first-order chi connectivity index (χ1) is 9.63. The molecule has 2 aromatic rings. The maximum absolute atomic E-state index is 5.26. The zero-order valence-corrected chi connectivity index (χ0v) is 12.4. The first-order valence-corrected chi connectivity index (χ1v) is 6.85. The molecule has 5 nitrogen and oxygen atoms in total. The molecule has 1 heterocycles. The van der Waals surface area contributed by atoms with Gasteiger partial charge in [-0.2, -0.15) is 4.98 Å². The van der Waals surface area contributed by atoms with Gasteiger partial charge in [-0.05, 0) is 44.0 Å². The highest BCUT2D eigenvalue weighted by molar-refractivity contribution is 5.58. The summed E-state index contributed by atoms with van der Waals surface area (Å²) in [7, 11) is 1.66. The molecular formula is C15H21N3O2. The van der Waals surface area contributed by atoms with Crippen molar-refractivity contribution in [3.05, 3.63) is 29.7 Å². The van der Waals surface area contributed by atoms with Crippen molar-refractivity contribution in [2.75, 3.05) is 7.11 Å². The second kappa shape index (κ2) is 6.52. The van der Waals surface area contributed by atoms with Crippen LogP contribution < -0.4 is 10.1 Å². The van der Waals surface area contributed by atoms with Crippen LogP contribution in [0.15, 0.2) is 22.7 Å². The zero-order valence-electron chi connectivity index (χ0n) is 12.4. The molecule has 1 unspecified atom stereocenters. The maximum atomic E-state index is 5.26. The molecule has 0 amide bonds. The molecule has 1 N–H and O–H groups in total. The summed E-state index contributed by atoms with van der Waals surface area (Å²) in [5.74, 6) is 2.07. The van der Waals surface area contributed by atoms with Crippen molar-refractivity contribution in [3.8, 4) is 17.1 Å². The standard InChI is InChI=1S/C15H21N3O2/c1-5-11(3)16-9-14-17-15(18-20-14)12-6-7-13(19-4)10(2)8-12/h6-8,11,16H,5,9H2,1-4H3. The van der Waals surface area contributed by atoms with Crippen LogP contribution in [0.3, 0.4) is 0 Å². The summed E-state index contributed by atoms with van der Waals surface area (Å²) in [6, 6.07) is 6.28. The number of ether oxygens (including phenoxy) is 1. The number of hydrogen-bond acceptors (Lipinski definition) is 5. The van der Waals surface area contributed by atoms with E-state index in [9.17, 15) is 0 Å². The minimum atomic E-state index is 0.439. The van der Waals surface area contributed by atoms with Gasteiger partial charge in [0.15, 0.2) is 0 Å². The van der Waals surface area contributed by atoms with E-state index in [1.54, 1.807) is 7.11 Å². The molecule has 0 bridgehead atoms. The number of rotatable bonds is 6. The SMILES string of the molecule is CCC(C)NCc1nc(-c2ccc(OC)c(C)c2)no1. The van der Waals surface area contributed by atoms with Crippen LogP contribution in [0.2, 0.25) is 0 Å². The van der Waals surface area contributed by atoms with Gasteiger partial charge in [0, 0.05) is 11.6 Å². The number of methoxy groups -OCH3 is 1. The number of aryl methyl sites for hydroxylation is 1. The Labute approximate surface area is 119 Å². The number of nitrogens with one attached hydrogen (secondary N) is 1. The van der Waals surface area contributed by atoms with E-state index in [0.29, 0.717) is 24.3 Å². The van der Waals surface area contributed by atoms with Gasteiger partial charge in [-0.25, -0.2) is 0 Å². The molecule has 1 aromatic heterocycles. The predicted molar refractivity (Wildman–Crippen MR) is 77.6 cm³/mol. The molecule has 0 aliphatic rings. The molecule has 0 saturated carbocycles. The second-order valence-corrected chi connectivity index (χ2v) is 4.89. The van der Waals surface area contributed by atoms with E-state index in [0.717, 1.165) is 23.3 Å². The quantitative estimate of drug-likeness (QED) is 0.878. The lowest BCUT2D eigenvalue weighted by atomic mass is 10.1.